The van der Waals surface area contributed by atoms with Crippen molar-refractivity contribution in [2.75, 3.05) is 20.3 Å². The van der Waals surface area contributed by atoms with Gasteiger partial charge in [0.15, 0.2) is 5.78 Å². The molecule has 7 heteroatoms. The molecule has 0 saturated heterocycles. The van der Waals surface area contributed by atoms with E-state index >= 15 is 0 Å². The number of carbonyl (C=O) groups excluding carboxylic acids is 2. The summed E-state index contributed by atoms with van der Waals surface area (Å²) >= 11 is 0. The van der Waals surface area contributed by atoms with Crippen molar-refractivity contribution in [2.24, 2.45) is 0 Å². The third-order valence-electron chi connectivity index (χ3n) is 3.87. The highest BCUT2D eigenvalue weighted by Gasteiger charge is 2.33. The number of carbonyl (C=O) groups is 2. The maximum Gasteiger partial charge on any atom is 0.357 e. The Kier molecular flexibility index (Phi) is 10.1. The smallest absolute Gasteiger partial charge is 0.357 e. The molecule has 0 bridgehead atoms. The molecule has 2 aromatic carbocycles. The SMILES string of the molecule is COCCOOC(=O)C(C(=O)c1c(C)cccc1C)c1ccccc1.O=[PH2+]. The zero-order chi connectivity index (χ0) is 20.2. The van der Waals surface area contributed by atoms with Gasteiger partial charge in [0, 0.05) is 12.7 Å². The van der Waals surface area contributed by atoms with Gasteiger partial charge in [-0.25, -0.2) is 4.79 Å². The van der Waals surface area contributed by atoms with E-state index in [9.17, 15) is 9.59 Å². The highest BCUT2D eigenvalue weighted by Crippen LogP contribution is 2.26. The van der Waals surface area contributed by atoms with E-state index in [1.54, 1.807) is 24.3 Å². The van der Waals surface area contributed by atoms with Crippen molar-refractivity contribution < 1.29 is 28.7 Å². The van der Waals surface area contributed by atoms with Gasteiger partial charge < -0.3 is 4.74 Å². The third kappa shape index (κ3) is 6.36. The maximum atomic E-state index is 13.1. The van der Waals surface area contributed by atoms with Crippen LogP contribution in [0, 0.1) is 13.8 Å². The van der Waals surface area contributed by atoms with Gasteiger partial charge in [-0.15, -0.1) is 0 Å². The van der Waals surface area contributed by atoms with Gasteiger partial charge in [0.05, 0.1) is 6.61 Å². The van der Waals surface area contributed by atoms with Crippen LogP contribution in [0.2, 0.25) is 0 Å². The molecule has 0 N–H and O–H groups in total. The summed E-state index contributed by atoms with van der Waals surface area (Å²) in [5, 5.41) is 0. The fraction of sp³-hybridized carbons (Fsp3) is 0.300. The summed E-state index contributed by atoms with van der Waals surface area (Å²) in [5.41, 5.74) is 2.73. The Labute approximate surface area is 161 Å². The van der Waals surface area contributed by atoms with Gasteiger partial charge in [-0.1, -0.05) is 53.1 Å². The number of ether oxygens (including phenoxy) is 1. The summed E-state index contributed by atoms with van der Waals surface area (Å²) in [6.45, 7) is 4.08. The minimum absolute atomic E-state index is 0.0985. The van der Waals surface area contributed by atoms with Crippen molar-refractivity contribution in [1.82, 2.24) is 0 Å². The summed E-state index contributed by atoms with van der Waals surface area (Å²) in [5.74, 6) is -2.12. The summed E-state index contributed by atoms with van der Waals surface area (Å²) < 4.78 is 13.0. The first-order chi connectivity index (χ1) is 13.1. The number of Topliss-reactive ketones (excluding diaryl/α,β-unsaturated/α-hetero) is 1. The lowest BCUT2D eigenvalue weighted by atomic mass is 9.87. The Morgan fingerprint density at radius 2 is 1.52 bits per heavy atom. The summed E-state index contributed by atoms with van der Waals surface area (Å²) in [6, 6.07) is 14.4. The molecule has 0 aliphatic heterocycles. The van der Waals surface area contributed by atoms with Crippen molar-refractivity contribution in [3.63, 3.8) is 0 Å². The van der Waals surface area contributed by atoms with Gasteiger partial charge in [0.25, 0.3) is 0 Å². The molecule has 0 aliphatic rings. The molecule has 0 aliphatic carbocycles. The molecule has 0 saturated carbocycles. The second kappa shape index (κ2) is 12.1. The molecule has 2 unspecified atom stereocenters. The lowest BCUT2D eigenvalue weighted by Crippen LogP contribution is -2.26. The lowest BCUT2D eigenvalue weighted by Gasteiger charge is -2.17. The molecule has 2 rings (SSSR count). The fourth-order valence-corrected chi connectivity index (χ4v) is 2.65. The lowest BCUT2D eigenvalue weighted by molar-refractivity contribution is -0.276. The van der Waals surface area contributed by atoms with Gasteiger partial charge in [-0.2, -0.15) is 4.89 Å². The van der Waals surface area contributed by atoms with E-state index in [1.165, 1.54) is 16.2 Å². The molecule has 2 aromatic rings. The Morgan fingerprint density at radius 3 is 2.07 bits per heavy atom. The molecule has 0 amide bonds. The molecule has 2 atom stereocenters. The van der Waals surface area contributed by atoms with Gasteiger partial charge >= 0.3 is 15.1 Å². The van der Waals surface area contributed by atoms with Gasteiger partial charge in [0.1, 0.15) is 12.5 Å². The Bertz CT molecular complexity index is 727. The number of ketones is 1. The Balaban J connectivity index is 0.00000176. The number of methoxy groups -OCH3 is 1. The van der Waals surface area contributed by atoms with Crippen LogP contribution in [0.25, 0.3) is 0 Å². The number of hydrogen-bond acceptors (Lipinski definition) is 6. The van der Waals surface area contributed by atoms with Gasteiger partial charge in [0.2, 0.25) is 0 Å². The van der Waals surface area contributed by atoms with Crippen molar-refractivity contribution in [1.29, 1.82) is 0 Å². The minimum Gasteiger partial charge on any atom is -0.382 e. The first-order valence-corrected chi connectivity index (χ1v) is 8.74. The molecule has 144 valence electrons. The molecule has 6 nitrogen and oxygen atoms in total. The van der Waals surface area contributed by atoms with Crippen molar-refractivity contribution in [2.45, 2.75) is 19.8 Å². The standard InChI is InChI=1S/C20H22O5.H2OP/c1-14-8-7-9-15(2)17(14)19(21)18(16-10-5-4-6-11-16)20(22)25-24-13-12-23-3;1-2/h4-11,18H,12-13H2,1-3H3;2H2/q;+1. The molecule has 0 heterocycles. The monoisotopic (exact) mass is 391 g/mol. The first-order valence-electron chi connectivity index (χ1n) is 8.27. The third-order valence-corrected chi connectivity index (χ3v) is 3.87. The Hall–Kier alpha value is -2.40. The molecule has 0 aromatic heterocycles. The fourth-order valence-electron chi connectivity index (χ4n) is 2.65. The summed E-state index contributed by atoms with van der Waals surface area (Å²) in [7, 11) is 2.68. The molecular formula is C20H24O6P+. The second-order valence-electron chi connectivity index (χ2n) is 5.69. The average molecular weight is 391 g/mol. The average Bonchev–Trinajstić information content (AvgIpc) is 2.68. The number of hydrogen-bond donors (Lipinski definition) is 0. The normalized spacial score (nSPS) is 11.1. The number of aryl methyl sites for hydroxylation is 2. The van der Waals surface area contributed by atoms with E-state index in [4.69, 9.17) is 19.1 Å². The largest absolute Gasteiger partial charge is 0.382 e. The van der Waals surface area contributed by atoms with Gasteiger partial charge in [-0.05, 0) is 30.5 Å². The van der Waals surface area contributed by atoms with Crippen LogP contribution in [-0.4, -0.2) is 32.1 Å². The maximum absolute atomic E-state index is 13.1. The molecular weight excluding hydrogens is 367 g/mol. The quantitative estimate of drug-likeness (QED) is 0.171. The van der Waals surface area contributed by atoms with Crippen LogP contribution < -0.4 is 0 Å². The Morgan fingerprint density at radius 1 is 0.926 bits per heavy atom. The minimum atomic E-state index is -1.08. The van der Waals surface area contributed by atoms with Crippen LogP contribution in [0.3, 0.4) is 0 Å². The van der Waals surface area contributed by atoms with Crippen LogP contribution in [0.4, 0.5) is 0 Å². The van der Waals surface area contributed by atoms with E-state index in [0.29, 0.717) is 11.1 Å². The summed E-state index contributed by atoms with van der Waals surface area (Å²) in [6.07, 6.45) is 0. The van der Waals surface area contributed by atoms with E-state index in [2.05, 4.69) is 0 Å². The molecule has 0 radical (unpaired) electrons. The number of benzene rings is 2. The second-order valence-corrected chi connectivity index (χ2v) is 5.69. The van der Waals surface area contributed by atoms with Crippen LogP contribution in [0.1, 0.15) is 33.0 Å². The van der Waals surface area contributed by atoms with Crippen LogP contribution >= 0.6 is 9.12 Å². The zero-order valence-corrected chi connectivity index (χ0v) is 16.8. The summed E-state index contributed by atoms with van der Waals surface area (Å²) in [4.78, 5) is 35.4. The van der Waals surface area contributed by atoms with Crippen molar-refractivity contribution in [3.8, 4) is 0 Å². The van der Waals surface area contributed by atoms with Gasteiger partial charge in [-0.3, -0.25) is 9.68 Å². The van der Waals surface area contributed by atoms with Crippen LogP contribution in [-0.2, 0) is 23.9 Å². The van der Waals surface area contributed by atoms with Crippen molar-refractivity contribution >= 4 is 20.9 Å². The van der Waals surface area contributed by atoms with E-state index in [-0.39, 0.29) is 19.0 Å². The topological polar surface area (TPSA) is 78.9 Å². The van der Waals surface area contributed by atoms with Crippen LogP contribution in [0.5, 0.6) is 0 Å². The predicted octanol–water partition coefficient (Wildman–Crippen LogP) is 3.60. The van der Waals surface area contributed by atoms with Crippen LogP contribution in [0.15, 0.2) is 48.5 Å². The highest BCUT2D eigenvalue weighted by molar-refractivity contribution is 7.00. The molecule has 0 spiro atoms. The predicted molar refractivity (Wildman–Crippen MR) is 104 cm³/mol. The van der Waals surface area contributed by atoms with E-state index in [1.807, 2.05) is 38.1 Å². The molecule has 27 heavy (non-hydrogen) atoms. The van der Waals surface area contributed by atoms with Crippen molar-refractivity contribution in [3.05, 3.63) is 70.8 Å². The first kappa shape index (κ1) is 22.6. The zero-order valence-electron chi connectivity index (χ0n) is 15.6. The van der Waals surface area contributed by atoms with E-state index in [0.717, 1.165) is 11.1 Å². The van der Waals surface area contributed by atoms with E-state index < -0.39 is 11.9 Å². The highest BCUT2D eigenvalue weighted by atomic mass is 31.0. The number of rotatable bonds is 8. The molecule has 0 fully saturated rings.